The Labute approximate surface area is 160 Å². The van der Waals surface area contributed by atoms with Crippen LogP contribution in [-0.2, 0) is 4.79 Å². The van der Waals surface area contributed by atoms with E-state index < -0.39 is 0 Å². The first-order chi connectivity index (χ1) is 12.2. The molecule has 0 amide bonds. The van der Waals surface area contributed by atoms with Gasteiger partial charge in [-0.05, 0) is 81.6 Å². The van der Waals surface area contributed by atoms with E-state index >= 15 is 0 Å². The summed E-state index contributed by atoms with van der Waals surface area (Å²) in [5.41, 5.74) is 11.7. The molecular formula is C24H31OP. The zero-order valence-electron chi connectivity index (χ0n) is 17.2. The van der Waals surface area contributed by atoms with Crippen LogP contribution in [0.2, 0.25) is 0 Å². The highest BCUT2D eigenvalue weighted by atomic mass is 31.1. The van der Waals surface area contributed by atoms with Crippen LogP contribution in [0.15, 0.2) is 24.3 Å². The van der Waals surface area contributed by atoms with Gasteiger partial charge in [0.25, 0.3) is 0 Å². The Morgan fingerprint density at radius 1 is 0.692 bits per heavy atom. The molecule has 1 aliphatic rings. The number of aryl methyl sites for hydroxylation is 6. The van der Waals surface area contributed by atoms with Crippen molar-refractivity contribution in [2.45, 2.75) is 65.7 Å². The first-order valence-corrected chi connectivity index (χ1v) is 11.5. The van der Waals surface area contributed by atoms with Crippen molar-refractivity contribution in [3.05, 3.63) is 68.8 Å². The lowest BCUT2D eigenvalue weighted by atomic mass is 9.91. The van der Waals surface area contributed by atoms with Gasteiger partial charge in [-0.2, -0.15) is 0 Å². The van der Waals surface area contributed by atoms with E-state index in [2.05, 4.69) is 72.5 Å². The molecule has 0 saturated carbocycles. The summed E-state index contributed by atoms with van der Waals surface area (Å²) >= 11 is 0. The number of benzene rings is 2. The highest BCUT2D eigenvalue weighted by Gasteiger charge is 2.37. The van der Waals surface area contributed by atoms with Gasteiger partial charge in [0.1, 0.15) is 5.78 Å². The molecule has 2 atom stereocenters. The Morgan fingerprint density at radius 3 is 1.31 bits per heavy atom. The van der Waals surface area contributed by atoms with Crippen molar-refractivity contribution in [1.29, 1.82) is 0 Å². The lowest BCUT2D eigenvalue weighted by Crippen LogP contribution is -2.20. The van der Waals surface area contributed by atoms with E-state index in [1.807, 2.05) is 0 Å². The molecule has 2 heteroatoms. The van der Waals surface area contributed by atoms with Gasteiger partial charge in [0.2, 0.25) is 0 Å². The summed E-state index contributed by atoms with van der Waals surface area (Å²) in [6.45, 7) is 15.6. The molecule has 0 spiro atoms. The molecule has 26 heavy (non-hydrogen) atoms. The lowest BCUT2D eigenvalue weighted by molar-refractivity contribution is -0.119. The molecule has 0 radical (unpaired) electrons. The van der Waals surface area contributed by atoms with Gasteiger partial charge in [0.05, 0.1) is 0 Å². The van der Waals surface area contributed by atoms with Crippen LogP contribution >= 0.6 is 7.92 Å². The third-order valence-electron chi connectivity index (χ3n) is 5.97. The summed E-state index contributed by atoms with van der Waals surface area (Å²) in [5, 5.41) is 0. The van der Waals surface area contributed by atoms with Gasteiger partial charge in [0, 0.05) is 24.2 Å². The summed E-state index contributed by atoms with van der Waals surface area (Å²) < 4.78 is 0. The second-order valence-electron chi connectivity index (χ2n) is 8.27. The Morgan fingerprint density at radius 2 is 1.00 bits per heavy atom. The smallest absolute Gasteiger partial charge is 0.134 e. The van der Waals surface area contributed by atoms with Crippen molar-refractivity contribution < 1.29 is 4.79 Å². The van der Waals surface area contributed by atoms with Gasteiger partial charge in [-0.3, -0.25) is 4.79 Å². The van der Waals surface area contributed by atoms with Crippen molar-refractivity contribution in [2.75, 3.05) is 6.66 Å². The third kappa shape index (κ3) is 3.52. The van der Waals surface area contributed by atoms with Gasteiger partial charge in [-0.25, -0.2) is 0 Å². The largest absolute Gasteiger partial charge is 0.300 e. The zero-order valence-corrected chi connectivity index (χ0v) is 18.1. The first kappa shape index (κ1) is 19.3. The van der Waals surface area contributed by atoms with E-state index in [1.165, 1.54) is 44.5 Å². The minimum Gasteiger partial charge on any atom is -0.300 e. The van der Waals surface area contributed by atoms with Gasteiger partial charge in [-0.15, -0.1) is 0 Å². The van der Waals surface area contributed by atoms with Crippen LogP contribution in [0.25, 0.3) is 0 Å². The van der Waals surface area contributed by atoms with E-state index in [9.17, 15) is 4.79 Å². The predicted molar refractivity (Wildman–Crippen MR) is 114 cm³/mol. The Bertz CT molecular complexity index is 749. The molecule has 1 fully saturated rings. The maximum absolute atomic E-state index is 12.8. The van der Waals surface area contributed by atoms with E-state index in [0.717, 1.165) is 0 Å². The number of hydrogen-bond acceptors (Lipinski definition) is 1. The molecule has 2 unspecified atom stereocenters. The lowest BCUT2D eigenvalue weighted by Gasteiger charge is -2.39. The number of carbonyl (C=O) groups excluding carboxylic acids is 1. The predicted octanol–water partition coefficient (Wildman–Crippen LogP) is 6.79. The van der Waals surface area contributed by atoms with Crippen LogP contribution < -0.4 is 0 Å². The van der Waals surface area contributed by atoms with Crippen molar-refractivity contribution in [3.63, 3.8) is 0 Å². The van der Waals surface area contributed by atoms with Crippen molar-refractivity contribution in [2.24, 2.45) is 0 Å². The van der Waals surface area contributed by atoms with Crippen LogP contribution in [0.4, 0.5) is 0 Å². The molecule has 2 aromatic rings. The molecule has 0 aromatic heterocycles. The maximum atomic E-state index is 12.8. The molecule has 0 bridgehead atoms. The van der Waals surface area contributed by atoms with Crippen LogP contribution in [0, 0.1) is 41.5 Å². The summed E-state index contributed by atoms with van der Waals surface area (Å²) in [7, 11) is -0.303. The van der Waals surface area contributed by atoms with E-state index in [1.54, 1.807) is 0 Å². The van der Waals surface area contributed by atoms with Crippen molar-refractivity contribution in [1.82, 2.24) is 0 Å². The molecule has 138 valence electrons. The van der Waals surface area contributed by atoms with Gasteiger partial charge in [-0.1, -0.05) is 43.3 Å². The molecular weight excluding hydrogens is 335 g/mol. The SMILES string of the molecule is Cc1cc(C)c(C2CC(=O)CC(c3c(C)cc(C)cc3C)P2C)c(C)c1. The summed E-state index contributed by atoms with van der Waals surface area (Å²) in [5.74, 6) is 0.430. The molecule has 0 aliphatic carbocycles. The number of hydrogen-bond donors (Lipinski definition) is 0. The van der Waals surface area contributed by atoms with E-state index in [4.69, 9.17) is 0 Å². The fourth-order valence-corrected chi connectivity index (χ4v) is 8.11. The first-order valence-electron chi connectivity index (χ1n) is 9.58. The van der Waals surface area contributed by atoms with E-state index in [0.29, 0.717) is 29.9 Å². The average molecular weight is 366 g/mol. The van der Waals surface area contributed by atoms with Crippen LogP contribution in [0.1, 0.15) is 68.7 Å². The molecule has 1 nitrogen and oxygen atoms in total. The fraction of sp³-hybridized carbons (Fsp3) is 0.458. The molecule has 1 saturated heterocycles. The van der Waals surface area contributed by atoms with Crippen LogP contribution in [-0.4, -0.2) is 12.4 Å². The third-order valence-corrected chi connectivity index (χ3v) is 8.82. The summed E-state index contributed by atoms with van der Waals surface area (Å²) in [6, 6.07) is 9.12. The zero-order chi connectivity index (χ0) is 19.2. The Kier molecular flexibility index (Phi) is 5.40. The molecule has 3 rings (SSSR count). The average Bonchev–Trinajstić information content (AvgIpc) is 2.49. The Balaban J connectivity index is 2.08. The van der Waals surface area contributed by atoms with Gasteiger partial charge in [0.15, 0.2) is 0 Å². The minimum atomic E-state index is -0.303. The van der Waals surface area contributed by atoms with Crippen molar-refractivity contribution >= 4 is 13.7 Å². The molecule has 0 N–H and O–H groups in total. The summed E-state index contributed by atoms with van der Waals surface area (Å²) in [6.07, 6.45) is 1.43. The van der Waals surface area contributed by atoms with Gasteiger partial charge < -0.3 is 0 Å². The normalized spacial score (nSPS) is 23.3. The molecule has 1 aliphatic heterocycles. The fourth-order valence-electron chi connectivity index (χ4n) is 5.06. The molecule has 2 aromatic carbocycles. The quantitative estimate of drug-likeness (QED) is 0.535. The molecule has 1 heterocycles. The highest BCUT2D eigenvalue weighted by molar-refractivity contribution is 7.57. The monoisotopic (exact) mass is 366 g/mol. The maximum Gasteiger partial charge on any atom is 0.134 e. The van der Waals surface area contributed by atoms with Crippen LogP contribution in [0.3, 0.4) is 0 Å². The minimum absolute atomic E-state index is 0.303. The highest BCUT2D eigenvalue weighted by Crippen LogP contribution is 2.66. The van der Waals surface area contributed by atoms with Gasteiger partial charge >= 0.3 is 0 Å². The number of rotatable bonds is 2. The standard InChI is InChI=1S/C24H31OP/c1-14-8-16(3)23(17(4)9-14)21-12-20(25)13-22(26(21)7)24-18(5)10-15(2)11-19(24)6/h8-11,21-22H,12-13H2,1-7H3. The summed E-state index contributed by atoms with van der Waals surface area (Å²) in [4.78, 5) is 12.8. The second kappa shape index (κ2) is 7.28. The van der Waals surface area contributed by atoms with E-state index in [-0.39, 0.29) is 7.92 Å². The number of ketones is 1. The van der Waals surface area contributed by atoms with Crippen LogP contribution in [0.5, 0.6) is 0 Å². The number of carbonyl (C=O) groups is 1. The van der Waals surface area contributed by atoms with Crippen molar-refractivity contribution in [3.8, 4) is 0 Å². The topological polar surface area (TPSA) is 17.1 Å². The second-order valence-corrected chi connectivity index (χ2v) is 10.8. The Hall–Kier alpha value is -1.46. The number of Topliss-reactive ketones (excluding diaryl/α,β-unsaturated/α-hetero) is 1.